The van der Waals surface area contributed by atoms with Crippen molar-refractivity contribution in [2.75, 3.05) is 6.61 Å². The summed E-state index contributed by atoms with van der Waals surface area (Å²) in [5.74, 6) is 0.932. The molecule has 0 aromatic carbocycles. The van der Waals surface area contributed by atoms with E-state index in [9.17, 15) is 4.79 Å². The van der Waals surface area contributed by atoms with Crippen LogP contribution >= 0.6 is 0 Å². The van der Waals surface area contributed by atoms with Crippen LogP contribution in [0, 0.1) is 13.8 Å². The van der Waals surface area contributed by atoms with E-state index in [1.165, 1.54) is 0 Å². The van der Waals surface area contributed by atoms with Crippen LogP contribution in [0.4, 0.5) is 0 Å². The molecule has 3 heterocycles. The molecule has 1 atom stereocenters. The van der Waals surface area contributed by atoms with Crippen LogP contribution in [0.15, 0.2) is 4.52 Å². The molecule has 24 heavy (non-hydrogen) atoms. The molecular weight excluding hydrogens is 310 g/mol. The van der Waals surface area contributed by atoms with Crippen LogP contribution in [-0.4, -0.2) is 32.4 Å². The summed E-state index contributed by atoms with van der Waals surface area (Å²) in [5.41, 5.74) is 3.20. The molecule has 0 saturated carbocycles. The van der Waals surface area contributed by atoms with Gasteiger partial charge in [0.15, 0.2) is 5.82 Å². The quantitative estimate of drug-likeness (QED) is 0.861. The van der Waals surface area contributed by atoms with E-state index in [1.54, 1.807) is 0 Å². The molecular formula is C16H23N5O3. The minimum Gasteiger partial charge on any atom is -0.368 e. The number of carbonyl (C=O) groups excluding carboxylic acids is 1. The Labute approximate surface area is 140 Å². The summed E-state index contributed by atoms with van der Waals surface area (Å²) in [7, 11) is 1.91. The summed E-state index contributed by atoms with van der Waals surface area (Å²) in [4.78, 5) is 16.3. The molecule has 0 unspecified atom stereocenters. The van der Waals surface area contributed by atoms with Crippen molar-refractivity contribution in [3.8, 4) is 0 Å². The van der Waals surface area contributed by atoms with Gasteiger partial charge in [0.2, 0.25) is 5.91 Å². The lowest BCUT2D eigenvalue weighted by atomic mass is 10.1. The molecule has 1 saturated heterocycles. The summed E-state index contributed by atoms with van der Waals surface area (Å²) in [6.07, 6.45) is 2.89. The zero-order valence-corrected chi connectivity index (χ0v) is 14.3. The van der Waals surface area contributed by atoms with Crippen molar-refractivity contribution in [2.45, 2.75) is 52.2 Å². The number of hydrogen-bond acceptors (Lipinski definition) is 6. The third-order valence-electron chi connectivity index (χ3n) is 4.39. The molecule has 130 valence electrons. The van der Waals surface area contributed by atoms with Crippen LogP contribution in [0.2, 0.25) is 0 Å². The molecule has 0 aliphatic carbocycles. The maximum atomic E-state index is 12.0. The molecule has 2 aromatic heterocycles. The van der Waals surface area contributed by atoms with Crippen molar-refractivity contribution in [1.29, 1.82) is 0 Å². The first-order chi connectivity index (χ1) is 11.5. The highest BCUT2D eigenvalue weighted by Gasteiger charge is 2.23. The molecule has 1 amide bonds. The van der Waals surface area contributed by atoms with Crippen LogP contribution < -0.4 is 5.32 Å². The van der Waals surface area contributed by atoms with Crippen LogP contribution in [0.1, 0.15) is 54.0 Å². The fraction of sp³-hybridized carbons (Fsp3) is 0.625. The Morgan fingerprint density at radius 3 is 2.92 bits per heavy atom. The van der Waals surface area contributed by atoms with E-state index in [4.69, 9.17) is 9.26 Å². The second-order valence-corrected chi connectivity index (χ2v) is 6.10. The first-order valence-electron chi connectivity index (χ1n) is 8.24. The van der Waals surface area contributed by atoms with E-state index < -0.39 is 0 Å². The largest absolute Gasteiger partial charge is 0.368 e. The van der Waals surface area contributed by atoms with Gasteiger partial charge >= 0.3 is 0 Å². The molecule has 1 fully saturated rings. The first kappa shape index (κ1) is 16.6. The van der Waals surface area contributed by atoms with Crippen molar-refractivity contribution < 1.29 is 14.1 Å². The van der Waals surface area contributed by atoms with Crippen molar-refractivity contribution in [3.05, 3.63) is 28.7 Å². The maximum Gasteiger partial charge on any atom is 0.255 e. The van der Waals surface area contributed by atoms with Gasteiger partial charge in [0.05, 0.1) is 12.2 Å². The van der Waals surface area contributed by atoms with E-state index in [0.29, 0.717) is 24.6 Å². The predicted octanol–water partition coefficient (Wildman–Crippen LogP) is 1.52. The van der Waals surface area contributed by atoms with E-state index >= 15 is 0 Å². The molecule has 3 rings (SSSR count). The monoisotopic (exact) mass is 333 g/mol. The van der Waals surface area contributed by atoms with Crippen LogP contribution in [0.5, 0.6) is 0 Å². The number of hydrogen-bond donors (Lipinski definition) is 1. The lowest BCUT2D eigenvalue weighted by Gasteiger charge is -2.04. The van der Waals surface area contributed by atoms with Gasteiger partial charge < -0.3 is 14.6 Å². The lowest BCUT2D eigenvalue weighted by Crippen LogP contribution is -2.23. The smallest absolute Gasteiger partial charge is 0.255 e. The molecule has 1 N–H and O–H groups in total. The van der Waals surface area contributed by atoms with E-state index in [1.807, 2.05) is 25.6 Å². The zero-order valence-electron chi connectivity index (χ0n) is 14.3. The number of aromatic nitrogens is 4. The van der Waals surface area contributed by atoms with Gasteiger partial charge in [0, 0.05) is 25.8 Å². The summed E-state index contributed by atoms with van der Waals surface area (Å²) in [6, 6.07) is 0. The summed E-state index contributed by atoms with van der Waals surface area (Å²) >= 11 is 0. The number of rotatable bonds is 6. The second kappa shape index (κ2) is 7.12. The minimum atomic E-state index is -0.0986. The van der Waals surface area contributed by atoms with Gasteiger partial charge in [0.1, 0.15) is 6.10 Å². The number of ether oxygens (including phenoxy) is 1. The standard InChI is InChI=1S/C16H23N5O3/c1-10-12(11(2)21(3)19-10)6-7-15(22)17-9-14-18-16(24-20-14)13-5-4-8-23-13/h13H,4-9H2,1-3H3,(H,17,22)/t13-/m1/s1. The van der Waals surface area contributed by atoms with E-state index in [0.717, 1.165) is 36.4 Å². The predicted molar refractivity (Wildman–Crippen MR) is 85.1 cm³/mol. The Hall–Kier alpha value is -2.22. The number of aryl methyl sites for hydroxylation is 2. The lowest BCUT2D eigenvalue weighted by molar-refractivity contribution is -0.121. The fourth-order valence-corrected chi connectivity index (χ4v) is 2.93. The van der Waals surface area contributed by atoms with Crippen molar-refractivity contribution in [2.24, 2.45) is 7.05 Å². The van der Waals surface area contributed by atoms with Gasteiger partial charge in [-0.05, 0) is 38.7 Å². The molecule has 8 nitrogen and oxygen atoms in total. The minimum absolute atomic E-state index is 0.0406. The third kappa shape index (κ3) is 3.64. The van der Waals surface area contributed by atoms with Crippen LogP contribution in [-0.2, 0) is 29.5 Å². The zero-order chi connectivity index (χ0) is 17.1. The molecule has 0 bridgehead atoms. The average molecular weight is 333 g/mol. The molecule has 0 radical (unpaired) electrons. The highest BCUT2D eigenvalue weighted by atomic mass is 16.5. The second-order valence-electron chi connectivity index (χ2n) is 6.10. The van der Waals surface area contributed by atoms with E-state index in [2.05, 4.69) is 20.6 Å². The van der Waals surface area contributed by atoms with Crippen molar-refractivity contribution >= 4 is 5.91 Å². The molecule has 0 spiro atoms. The van der Waals surface area contributed by atoms with Crippen LogP contribution in [0.25, 0.3) is 0 Å². The Kier molecular flexibility index (Phi) is 4.94. The first-order valence-corrected chi connectivity index (χ1v) is 8.24. The SMILES string of the molecule is Cc1nn(C)c(C)c1CCC(=O)NCc1noc([C@H]2CCCO2)n1. The molecule has 1 aliphatic heterocycles. The number of nitrogens with zero attached hydrogens (tertiary/aromatic N) is 4. The van der Waals surface area contributed by atoms with Crippen LogP contribution in [0.3, 0.4) is 0 Å². The Balaban J connectivity index is 1.47. The summed E-state index contributed by atoms with van der Waals surface area (Å²) in [6.45, 7) is 4.97. The average Bonchev–Trinajstić information content (AvgIpc) is 3.27. The highest BCUT2D eigenvalue weighted by molar-refractivity contribution is 5.76. The van der Waals surface area contributed by atoms with Crippen molar-refractivity contribution in [1.82, 2.24) is 25.2 Å². The van der Waals surface area contributed by atoms with Gasteiger partial charge in [0.25, 0.3) is 5.89 Å². The summed E-state index contributed by atoms with van der Waals surface area (Å²) < 4.78 is 12.5. The number of nitrogens with one attached hydrogen (secondary N) is 1. The topological polar surface area (TPSA) is 95.1 Å². The number of amides is 1. The Morgan fingerprint density at radius 1 is 1.42 bits per heavy atom. The van der Waals surface area contributed by atoms with Gasteiger partial charge in [-0.2, -0.15) is 10.1 Å². The highest BCUT2D eigenvalue weighted by Crippen LogP contribution is 2.26. The third-order valence-corrected chi connectivity index (χ3v) is 4.39. The van der Waals surface area contributed by atoms with E-state index in [-0.39, 0.29) is 18.6 Å². The van der Waals surface area contributed by atoms with Gasteiger partial charge in [-0.15, -0.1) is 0 Å². The van der Waals surface area contributed by atoms with Gasteiger partial charge in [-0.3, -0.25) is 9.48 Å². The van der Waals surface area contributed by atoms with Gasteiger partial charge in [-0.25, -0.2) is 0 Å². The maximum absolute atomic E-state index is 12.0. The molecule has 2 aromatic rings. The molecule has 8 heteroatoms. The normalized spacial score (nSPS) is 17.4. The number of carbonyl (C=O) groups is 1. The Morgan fingerprint density at radius 2 is 2.25 bits per heavy atom. The summed E-state index contributed by atoms with van der Waals surface area (Å²) in [5, 5.41) is 11.1. The fourth-order valence-electron chi connectivity index (χ4n) is 2.93. The Bertz CT molecular complexity index is 715. The molecule has 1 aliphatic rings. The van der Waals surface area contributed by atoms with Crippen molar-refractivity contribution in [3.63, 3.8) is 0 Å². The van der Waals surface area contributed by atoms with Gasteiger partial charge in [-0.1, -0.05) is 5.16 Å².